The van der Waals surface area contributed by atoms with E-state index in [1.807, 2.05) is 44.2 Å². The zero-order valence-corrected chi connectivity index (χ0v) is 20.9. The molecule has 0 aliphatic rings. The van der Waals surface area contributed by atoms with Gasteiger partial charge in [-0.15, -0.1) is 10.2 Å². The zero-order chi connectivity index (χ0) is 23.5. The summed E-state index contributed by atoms with van der Waals surface area (Å²) < 4.78 is 6.29. The van der Waals surface area contributed by atoms with Crippen LogP contribution in [-0.2, 0) is 6.42 Å². The first-order valence-electron chi connectivity index (χ1n) is 11.0. The van der Waals surface area contributed by atoms with Crippen molar-refractivity contribution >= 4 is 38.6 Å². The van der Waals surface area contributed by atoms with E-state index in [-0.39, 0.29) is 5.91 Å². The van der Waals surface area contributed by atoms with Crippen LogP contribution in [0.5, 0.6) is 5.75 Å². The van der Waals surface area contributed by atoms with Crippen molar-refractivity contribution < 1.29 is 9.53 Å². The minimum Gasteiger partial charge on any atom is -0.496 e. The molecule has 3 aromatic carbocycles. The normalized spacial score (nSPS) is 11.1. The van der Waals surface area contributed by atoms with Crippen LogP contribution in [0.15, 0.2) is 53.0 Å². The summed E-state index contributed by atoms with van der Waals surface area (Å²) in [6.07, 6.45) is 3.44. The average Bonchev–Trinajstić information content (AvgIpc) is 3.20. The van der Waals surface area contributed by atoms with Crippen LogP contribution in [0.3, 0.4) is 0 Å². The SMILES string of the molecule is CCCCc1ccc(-n2nc3cc(C)c(NC(=O)c4cc(Br)cc(C)c4OC)cc3n2)cc1. The van der Waals surface area contributed by atoms with Crippen molar-refractivity contribution in [3.05, 3.63) is 75.3 Å². The fourth-order valence-electron chi connectivity index (χ4n) is 3.85. The lowest BCUT2D eigenvalue weighted by atomic mass is 10.1. The minimum absolute atomic E-state index is 0.242. The van der Waals surface area contributed by atoms with Gasteiger partial charge in [0.15, 0.2) is 0 Å². The highest BCUT2D eigenvalue weighted by Crippen LogP contribution is 2.29. The van der Waals surface area contributed by atoms with Gasteiger partial charge in [-0.25, -0.2) is 0 Å². The first kappa shape index (κ1) is 23.0. The van der Waals surface area contributed by atoms with Gasteiger partial charge in [-0.3, -0.25) is 4.79 Å². The number of hydrogen-bond acceptors (Lipinski definition) is 4. The number of fused-ring (bicyclic) bond motifs is 1. The first-order chi connectivity index (χ1) is 15.9. The lowest BCUT2D eigenvalue weighted by molar-refractivity contribution is 0.102. The van der Waals surface area contributed by atoms with Gasteiger partial charge in [0, 0.05) is 10.2 Å². The Hall–Kier alpha value is -3.19. The Morgan fingerprint density at radius 1 is 1.03 bits per heavy atom. The largest absolute Gasteiger partial charge is 0.496 e. The highest BCUT2D eigenvalue weighted by Gasteiger charge is 2.17. The van der Waals surface area contributed by atoms with Gasteiger partial charge in [-0.1, -0.05) is 41.4 Å². The number of rotatable bonds is 7. The molecule has 0 radical (unpaired) electrons. The number of anilines is 1. The van der Waals surface area contributed by atoms with E-state index in [1.165, 1.54) is 18.4 Å². The first-order valence-corrected chi connectivity index (χ1v) is 11.8. The molecule has 33 heavy (non-hydrogen) atoms. The predicted molar refractivity (Wildman–Crippen MR) is 136 cm³/mol. The molecule has 0 aliphatic heterocycles. The fourth-order valence-corrected chi connectivity index (χ4v) is 4.43. The van der Waals surface area contributed by atoms with Crippen molar-refractivity contribution in [3.63, 3.8) is 0 Å². The molecule has 4 aromatic rings. The van der Waals surface area contributed by atoms with Gasteiger partial charge in [0.2, 0.25) is 0 Å². The molecule has 0 fully saturated rings. The van der Waals surface area contributed by atoms with Crippen molar-refractivity contribution in [3.8, 4) is 11.4 Å². The molecule has 0 aliphatic carbocycles. The number of carbonyl (C=O) groups excluding carboxylic acids is 1. The van der Waals surface area contributed by atoms with E-state index < -0.39 is 0 Å². The molecule has 6 nitrogen and oxygen atoms in total. The molecule has 1 N–H and O–H groups in total. The lowest BCUT2D eigenvalue weighted by Gasteiger charge is -2.13. The Bertz CT molecular complexity index is 1310. The van der Waals surface area contributed by atoms with E-state index in [4.69, 9.17) is 4.74 Å². The molecule has 7 heteroatoms. The Kier molecular flexibility index (Phi) is 6.79. The van der Waals surface area contributed by atoms with Crippen LogP contribution in [0.1, 0.15) is 46.8 Å². The maximum Gasteiger partial charge on any atom is 0.259 e. The summed E-state index contributed by atoms with van der Waals surface area (Å²) in [5.41, 5.74) is 6.65. The Morgan fingerprint density at radius 3 is 2.39 bits per heavy atom. The van der Waals surface area contributed by atoms with Crippen LogP contribution >= 0.6 is 15.9 Å². The maximum atomic E-state index is 13.1. The number of unbranched alkanes of at least 4 members (excludes halogenated alkanes) is 1. The summed E-state index contributed by atoms with van der Waals surface area (Å²) in [5.74, 6) is 0.316. The topological polar surface area (TPSA) is 69.0 Å². The molecule has 1 aromatic heterocycles. The van der Waals surface area contributed by atoms with E-state index in [0.717, 1.165) is 33.2 Å². The number of hydrogen-bond donors (Lipinski definition) is 1. The summed E-state index contributed by atoms with van der Waals surface area (Å²) in [4.78, 5) is 14.7. The van der Waals surface area contributed by atoms with Gasteiger partial charge in [-0.2, -0.15) is 4.80 Å². The van der Waals surface area contributed by atoms with Gasteiger partial charge >= 0.3 is 0 Å². The molecule has 0 unspecified atom stereocenters. The number of aromatic nitrogens is 3. The van der Waals surface area contributed by atoms with Crippen LogP contribution in [0.4, 0.5) is 5.69 Å². The molecule has 170 valence electrons. The van der Waals surface area contributed by atoms with E-state index >= 15 is 0 Å². The number of benzene rings is 3. The van der Waals surface area contributed by atoms with Crippen LogP contribution in [0.25, 0.3) is 16.7 Å². The summed E-state index contributed by atoms with van der Waals surface area (Å²) >= 11 is 3.46. The third-order valence-electron chi connectivity index (χ3n) is 5.65. The Morgan fingerprint density at radius 2 is 1.73 bits per heavy atom. The maximum absolute atomic E-state index is 13.1. The van der Waals surface area contributed by atoms with Gasteiger partial charge in [0.05, 0.1) is 18.4 Å². The summed E-state index contributed by atoms with van der Waals surface area (Å²) in [5, 5.41) is 12.3. The molecule has 0 saturated carbocycles. The second-order valence-electron chi connectivity index (χ2n) is 8.17. The average molecular weight is 507 g/mol. The Labute approximate surface area is 202 Å². The van der Waals surface area contributed by atoms with Gasteiger partial charge < -0.3 is 10.1 Å². The van der Waals surface area contributed by atoms with Crippen molar-refractivity contribution in [2.75, 3.05) is 12.4 Å². The zero-order valence-electron chi connectivity index (χ0n) is 19.3. The summed E-state index contributed by atoms with van der Waals surface area (Å²) in [6.45, 7) is 6.05. The van der Waals surface area contributed by atoms with Crippen molar-refractivity contribution in [2.45, 2.75) is 40.0 Å². The second kappa shape index (κ2) is 9.75. The van der Waals surface area contributed by atoms with Crippen LogP contribution < -0.4 is 10.1 Å². The molecular weight excluding hydrogens is 480 g/mol. The number of carbonyl (C=O) groups is 1. The van der Waals surface area contributed by atoms with Crippen LogP contribution in [-0.4, -0.2) is 28.0 Å². The molecule has 0 saturated heterocycles. The molecule has 1 amide bonds. The smallest absolute Gasteiger partial charge is 0.259 e. The van der Waals surface area contributed by atoms with Crippen molar-refractivity contribution in [1.82, 2.24) is 15.0 Å². The number of nitrogens with one attached hydrogen (secondary N) is 1. The van der Waals surface area contributed by atoms with E-state index in [1.54, 1.807) is 18.0 Å². The molecule has 1 heterocycles. The quantitative estimate of drug-likeness (QED) is 0.314. The second-order valence-corrected chi connectivity index (χ2v) is 9.09. The van der Waals surface area contributed by atoms with E-state index in [9.17, 15) is 4.79 Å². The monoisotopic (exact) mass is 506 g/mol. The highest BCUT2D eigenvalue weighted by molar-refractivity contribution is 9.10. The minimum atomic E-state index is -0.242. The van der Waals surface area contributed by atoms with Crippen molar-refractivity contribution in [1.29, 1.82) is 0 Å². The molecular formula is C26H27BrN4O2. The number of aryl methyl sites for hydroxylation is 3. The van der Waals surface area contributed by atoms with E-state index in [0.29, 0.717) is 22.5 Å². The van der Waals surface area contributed by atoms with Gasteiger partial charge in [-0.05, 0) is 79.8 Å². The van der Waals surface area contributed by atoms with Gasteiger partial charge in [0.1, 0.15) is 16.8 Å². The molecule has 0 spiro atoms. The van der Waals surface area contributed by atoms with Gasteiger partial charge in [0.25, 0.3) is 5.91 Å². The number of amides is 1. The van der Waals surface area contributed by atoms with Crippen LogP contribution in [0.2, 0.25) is 0 Å². The van der Waals surface area contributed by atoms with E-state index in [2.05, 4.69) is 50.5 Å². The molecule has 4 rings (SSSR count). The number of ether oxygens (including phenoxy) is 1. The third-order valence-corrected chi connectivity index (χ3v) is 6.11. The molecule has 0 bridgehead atoms. The number of methoxy groups -OCH3 is 1. The molecule has 0 atom stereocenters. The summed E-state index contributed by atoms with van der Waals surface area (Å²) in [7, 11) is 1.57. The fraction of sp³-hybridized carbons (Fsp3) is 0.269. The number of halogens is 1. The number of nitrogens with zero attached hydrogens (tertiary/aromatic N) is 3. The summed E-state index contributed by atoms with van der Waals surface area (Å²) in [6, 6.07) is 15.8. The predicted octanol–water partition coefficient (Wildman–Crippen LogP) is 6.40. The van der Waals surface area contributed by atoms with Crippen LogP contribution in [0, 0.1) is 13.8 Å². The third kappa shape index (κ3) is 4.93. The Balaban J connectivity index is 1.62. The standard InChI is InChI=1S/C26H27BrN4O2/c1-5-6-7-18-8-10-20(11-9-18)31-29-23-13-16(2)22(15-24(23)30-31)28-26(32)21-14-19(27)12-17(3)25(21)33-4/h8-15H,5-7H2,1-4H3,(H,28,32). The highest BCUT2D eigenvalue weighted by atomic mass is 79.9. The lowest BCUT2D eigenvalue weighted by Crippen LogP contribution is -2.14. The van der Waals surface area contributed by atoms with Crippen molar-refractivity contribution in [2.24, 2.45) is 0 Å².